The van der Waals surface area contributed by atoms with Crippen molar-refractivity contribution in [3.05, 3.63) is 0 Å². The number of rotatable bonds is 4. The third-order valence-electron chi connectivity index (χ3n) is 6.72. The van der Waals surface area contributed by atoms with Crippen molar-refractivity contribution >= 4 is 5.97 Å². The third-order valence-corrected chi connectivity index (χ3v) is 6.72. The van der Waals surface area contributed by atoms with E-state index < -0.39 is 0 Å². The monoisotopic (exact) mass is 321 g/mol. The molecule has 0 spiro atoms. The van der Waals surface area contributed by atoms with Crippen LogP contribution in [0.1, 0.15) is 84.0 Å². The smallest absolute Gasteiger partial charge is 0.312 e. The molecule has 3 rings (SSSR count). The van der Waals surface area contributed by atoms with Crippen molar-refractivity contribution in [2.45, 2.75) is 90.1 Å². The van der Waals surface area contributed by atoms with Crippen molar-refractivity contribution in [1.29, 1.82) is 0 Å². The quantitative estimate of drug-likeness (QED) is 0.712. The van der Waals surface area contributed by atoms with E-state index in [4.69, 9.17) is 4.74 Å². The number of likely N-dealkylation sites (N-methyl/N-ethyl adjacent to an activating group) is 1. The molecule has 3 heteroatoms. The molecule has 23 heavy (non-hydrogen) atoms. The average molecular weight is 322 g/mol. The van der Waals surface area contributed by atoms with Crippen LogP contribution in [0, 0.1) is 11.3 Å². The maximum absolute atomic E-state index is 13.2. The molecule has 0 aromatic heterocycles. The highest BCUT2D eigenvalue weighted by Gasteiger charge is 2.48. The molecule has 1 saturated heterocycles. The third kappa shape index (κ3) is 3.92. The number of likely N-dealkylation sites (tertiary alicyclic amines) is 1. The van der Waals surface area contributed by atoms with Crippen molar-refractivity contribution in [2.75, 3.05) is 19.6 Å². The second kappa shape index (κ2) is 8.00. The van der Waals surface area contributed by atoms with Crippen LogP contribution < -0.4 is 0 Å². The summed E-state index contributed by atoms with van der Waals surface area (Å²) >= 11 is 0. The van der Waals surface area contributed by atoms with Crippen molar-refractivity contribution in [3.8, 4) is 0 Å². The summed E-state index contributed by atoms with van der Waals surface area (Å²) in [6.07, 6.45) is 14.8. The minimum absolute atomic E-state index is 0.132. The van der Waals surface area contributed by atoms with Gasteiger partial charge in [-0.25, -0.2) is 0 Å². The van der Waals surface area contributed by atoms with Crippen LogP contribution in [0.3, 0.4) is 0 Å². The molecule has 0 radical (unpaired) electrons. The zero-order valence-corrected chi connectivity index (χ0v) is 15.0. The molecular weight excluding hydrogens is 286 g/mol. The van der Waals surface area contributed by atoms with Crippen LogP contribution in [0.25, 0.3) is 0 Å². The van der Waals surface area contributed by atoms with Gasteiger partial charge in [-0.15, -0.1) is 0 Å². The summed E-state index contributed by atoms with van der Waals surface area (Å²) in [7, 11) is 0. The summed E-state index contributed by atoms with van der Waals surface area (Å²) < 4.78 is 6.14. The van der Waals surface area contributed by atoms with Gasteiger partial charge in [-0.05, 0) is 57.5 Å². The summed E-state index contributed by atoms with van der Waals surface area (Å²) in [5.74, 6) is 0.766. The van der Waals surface area contributed by atoms with E-state index in [0.29, 0.717) is 5.92 Å². The highest BCUT2D eigenvalue weighted by atomic mass is 16.5. The first-order chi connectivity index (χ1) is 11.2. The van der Waals surface area contributed by atoms with Crippen molar-refractivity contribution in [1.82, 2.24) is 4.90 Å². The Morgan fingerprint density at radius 2 is 1.70 bits per heavy atom. The standard InChI is InChI=1S/C20H35NO2/c1-2-21-15-9-12-18(16-21)23-19(22)20(13-7-4-8-14-20)17-10-5-3-6-11-17/h17-18H,2-16H2,1H3. The molecule has 3 fully saturated rings. The maximum Gasteiger partial charge on any atom is 0.312 e. The lowest BCUT2D eigenvalue weighted by Crippen LogP contribution is -2.47. The molecule has 1 aliphatic heterocycles. The number of hydrogen-bond donors (Lipinski definition) is 0. The summed E-state index contributed by atoms with van der Waals surface area (Å²) in [6, 6.07) is 0. The zero-order valence-electron chi connectivity index (χ0n) is 15.0. The van der Waals surface area contributed by atoms with Gasteiger partial charge in [-0.2, -0.15) is 0 Å². The molecule has 0 N–H and O–H groups in total. The van der Waals surface area contributed by atoms with Crippen LogP contribution in [0.2, 0.25) is 0 Å². The number of piperidine rings is 1. The van der Waals surface area contributed by atoms with Gasteiger partial charge in [0.2, 0.25) is 0 Å². The van der Waals surface area contributed by atoms with E-state index >= 15 is 0 Å². The first kappa shape index (κ1) is 17.3. The number of ether oxygens (including phenoxy) is 1. The molecule has 0 amide bonds. The Morgan fingerprint density at radius 3 is 2.39 bits per heavy atom. The molecular formula is C20H35NO2. The molecule has 132 valence electrons. The predicted molar refractivity (Wildman–Crippen MR) is 93.3 cm³/mol. The van der Waals surface area contributed by atoms with E-state index in [1.165, 1.54) is 57.8 Å². The maximum atomic E-state index is 13.2. The Kier molecular flexibility index (Phi) is 6.01. The highest BCUT2D eigenvalue weighted by molar-refractivity contribution is 5.77. The topological polar surface area (TPSA) is 29.5 Å². The van der Waals surface area contributed by atoms with Gasteiger partial charge in [0.1, 0.15) is 6.10 Å². The number of esters is 1. The molecule has 2 aliphatic carbocycles. The highest BCUT2D eigenvalue weighted by Crippen LogP contribution is 2.49. The minimum atomic E-state index is -0.132. The molecule has 2 saturated carbocycles. The number of nitrogens with zero attached hydrogens (tertiary/aromatic N) is 1. The normalized spacial score (nSPS) is 30.0. The van der Waals surface area contributed by atoms with E-state index in [1.807, 2.05) is 0 Å². The first-order valence-electron chi connectivity index (χ1n) is 10.2. The predicted octanol–water partition coefficient (Wildman–Crippen LogP) is 4.54. The Labute approximate surface area is 142 Å². The van der Waals surface area contributed by atoms with Gasteiger partial charge < -0.3 is 4.74 Å². The molecule has 0 aromatic carbocycles. The number of carbonyl (C=O) groups excluding carboxylic acids is 1. The number of carbonyl (C=O) groups is 1. The Hall–Kier alpha value is -0.570. The van der Waals surface area contributed by atoms with E-state index in [-0.39, 0.29) is 17.5 Å². The van der Waals surface area contributed by atoms with E-state index in [0.717, 1.165) is 38.9 Å². The second-order valence-electron chi connectivity index (χ2n) is 8.11. The molecule has 0 aromatic rings. The van der Waals surface area contributed by atoms with Gasteiger partial charge in [-0.3, -0.25) is 9.69 Å². The minimum Gasteiger partial charge on any atom is -0.461 e. The summed E-state index contributed by atoms with van der Waals surface area (Å²) in [6.45, 7) is 5.39. The van der Waals surface area contributed by atoms with Crippen LogP contribution >= 0.6 is 0 Å². The molecule has 3 nitrogen and oxygen atoms in total. The summed E-state index contributed by atoms with van der Waals surface area (Å²) in [4.78, 5) is 15.7. The first-order valence-corrected chi connectivity index (χ1v) is 10.2. The van der Waals surface area contributed by atoms with Gasteiger partial charge in [0, 0.05) is 6.54 Å². The summed E-state index contributed by atoms with van der Waals surface area (Å²) in [5, 5.41) is 0. The molecule has 1 atom stereocenters. The molecule has 1 unspecified atom stereocenters. The number of hydrogen-bond acceptors (Lipinski definition) is 3. The van der Waals surface area contributed by atoms with Crippen molar-refractivity contribution in [3.63, 3.8) is 0 Å². The van der Waals surface area contributed by atoms with Gasteiger partial charge in [0.25, 0.3) is 0 Å². The van der Waals surface area contributed by atoms with Crippen LogP contribution in [-0.2, 0) is 9.53 Å². The zero-order chi connectivity index (χ0) is 16.1. The van der Waals surface area contributed by atoms with E-state index in [1.54, 1.807) is 0 Å². The Morgan fingerprint density at radius 1 is 1.00 bits per heavy atom. The van der Waals surface area contributed by atoms with Crippen LogP contribution in [-0.4, -0.2) is 36.6 Å². The lowest BCUT2D eigenvalue weighted by atomic mass is 9.61. The van der Waals surface area contributed by atoms with Crippen LogP contribution in [0.15, 0.2) is 0 Å². The molecule has 3 aliphatic rings. The lowest BCUT2D eigenvalue weighted by molar-refractivity contribution is -0.172. The average Bonchev–Trinajstić information content (AvgIpc) is 2.63. The second-order valence-corrected chi connectivity index (χ2v) is 8.11. The van der Waals surface area contributed by atoms with Crippen LogP contribution in [0.5, 0.6) is 0 Å². The SMILES string of the molecule is CCN1CCCC(OC(=O)C2(C3CCCCC3)CCCCC2)C1. The molecule has 0 bridgehead atoms. The van der Waals surface area contributed by atoms with Gasteiger partial charge in [-0.1, -0.05) is 45.4 Å². The Balaban J connectivity index is 1.67. The fourth-order valence-corrected chi connectivity index (χ4v) is 5.28. The Bertz CT molecular complexity index is 383. The van der Waals surface area contributed by atoms with Crippen molar-refractivity contribution < 1.29 is 9.53 Å². The van der Waals surface area contributed by atoms with Crippen LogP contribution in [0.4, 0.5) is 0 Å². The fourth-order valence-electron chi connectivity index (χ4n) is 5.28. The van der Waals surface area contributed by atoms with Crippen molar-refractivity contribution in [2.24, 2.45) is 11.3 Å². The van der Waals surface area contributed by atoms with E-state index in [9.17, 15) is 4.79 Å². The summed E-state index contributed by atoms with van der Waals surface area (Å²) in [5.41, 5.74) is -0.132. The van der Waals surface area contributed by atoms with Gasteiger partial charge in [0.15, 0.2) is 0 Å². The fraction of sp³-hybridized carbons (Fsp3) is 0.950. The lowest BCUT2D eigenvalue weighted by Gasteiger charge is -2.44. The van der Waals surface area contributed by atoms with Gasteiger partial charge >= 0.3 is 5.97 Å². The largest absolute Gasteiger partial charge is 0.461 e. The molecule has 1 heterocycles. The van der Waals surface area contributed by atoms with E-state index in [2.05, 4.69) is 11.8 Å². The van der Waals surface area contributed by atoms with Gasteiger partial charge in [0.05, 0.1) is 5.41 Å².